The number of hydrogen-bond donors (Lipinski definition) is 1. The summed E-state index contributed by atoms with van der Waals surface area (Å²) in [4.78, 5) is 0. The number of benzene rings is 2. The Morgan fingerprint density at radius 2 is 1.63 bits per heavy atom. The molecule has 0 saturated carbocycles. The molecule has 0 bridgehead atoms. The van der Waals surface area contributed by atoms with Crippen LogP contribution in [0, 0.1) is 0 Å². The Bertz CT molecular complexity index is 540. The van der Waals surface area contributed by atoms with Crippen LogP contribution in [0.4, 0.5) is 5.69 Å². The van der Waals surface area contributed by atoms with Gasteiger partial charge in [0.25, 0.3) is 0 Å². The van der Waals surface area contributed by atoms with Crippen LogP contribution >= 0.6 is 15.9 Å². The van der Waals surface area contributed by atoms with Crippen LogP contribution < -0.4 is 15.2 Å². The number of halogens is 1. The van der Waals surface area contributed by atoms with E-state index in [9.17, 15) is 0 Å². The van der Waals surface area contributed by atoms with Crippen LogP contribution in [0.5, 0.6) is 11.5 Å². The van der Waals surface area contributed by atoms with Crippen LogP contribution in [0.1, 0.15) is 12.5 Å². The summed E-state index contributed by atoms with van der Waals surface area (Å²) in [5, 5.41) is 0. The van der Waals surface area contributed by atoms with Crippen molar-refractivity contribution in [2.45, 2.75) is 13.5 Å². The predicted octanol–water partition coefficient (Wildman–Crippen LogP) is 4.01. The van der Waals surface area contributed by atoms with Crippen molar-refractivity contribution in [2.24, 2.45) is 0 Å². The van der Waals surface area contributed by atoms with Crippen molar-refractivity contribution in [3.63, 3.8) is 0 Å². The molecular formula is C15H16BrNO2. The lowest BCUT2D eigenvalue weighted by atomic mass is 10.2. The minimum absolute atomic E-state index is 0.492. The highest BCUT2D eigenvalue weighted by molar-refractivity contribution is 9.10. The number of hydrogen-bond acceptors (Lipinski definition) is 3. The molecule has 2 N–H and O–H groups in total. The maximum atomic E-state index is 5.82. The molecule has 4 heteroatoms. The zero-order valence-electron chi connectivity index (χ0n) is 10.7. The first-order valence-electron chi connectivity index (χ1n) is 6.08. The molecule has 0 unspecified atom stereocenters. The summed E-state index contributed by atoms with van der Waals surface area (Å²) < 4.78 is 12.0. The van der Waals surface area contributed by atoms with Crippen LogP contribution in [0.15, 0.2) is 46.9 Å². The first-order chi connectivity index (χ1) is 9.19. The lowest BCUT2D eigenvalue weighted by Gasteiger charge is -2.08. The van der Waals surface area contributed by atoms with Crippen molar-refractivity contribution in [3.8, 4) is 11.5 Å². The number of ether oxygens (including phenoxy) is 2. The third-order valence-corrected chi connectivity index (χ3v) is 3.32. The minimum Gasteiger partial charge on any atom is -0.494 e. The number of nitrogens with two attached hydrogens (primary N) is 1. The van der Waals surface area contributed by atoms with Gasteiger partial charge in [-0.1, -0.05) is 6.07 Å². The predicted molar refractivity (Wildman–Crippen MR) is 80.5 cm³/mol. The van der Waals surface area contributed by atoms with Gasteiger partial charge in [0.1, 0.15) is 18.1 Å². The second kappa shape index (κ2) is 6.48. The quantitative estimate of drug-likeness (QED) is 0.846. The largest absolute Gasteiger partial charge is 0.494 e. The van der Waals surface area contributed by atoms with E-state index in [0.29, 0.717) is 18.9 Å². The van der Waals surface area contributed by atoms with E-state index in [4.69, 9.17) is 15.2 Å². The van der Waals surface area contributed by atoms with Crippen LogP contribution in [0.25, 0.3) is 0 Å². The standard InChI is InChI=1S/C15H16BrNO2/c1-2-18-12-4-6-13(7-5-12)19-10-11-3-8-14(16)15(17)9-11/h3-9H,2,10,17H2,1H3. The maximum absolute atomic E-state index is 5.82. The molecule has 0 heterocycles. The Morgan fingerprint density at radius 1 is 1.00 bits per heavy atom. The average molecular weight is 322 g/mol. The molecular weight excluding hydrogens is 306 g/mol. The van der Waals surface area contributed by atoms with E-state index in [1.807, 2.05) is 49.4 Å². The normalized spacial score (nSPS) is 10.2. The van der Waals surface area contributed by atoms with Gasteiger partial charge in [-0.2, -0.15) is 0 Å². The van der Waals surface area contributed by atoms with Gasteiger partial charge in [0.05, 0.1) is 6.61 Å². The minimum atomic E-state index is 0.492. The van der Waals surface area contributed by atoms with E-state index in [1.165, 1.54) is 0 Å². The third kappa shape index (κ3) is 3.89. The van der Waals surface area contributed by atoms with Crippen molar-refractivity contribution in [1.29, 1.82) is 0 Å². The van der Waals surface area contributed by atoms with Gasteiger partial charge >= 0.3 is 0 Å². The third-order valence-electron chi connectivity index (χ3n) is 2.60. The molecule has 0 amide bonds. The van der Waals surface area contributed by atoms with Crippen LogP contribution in [0.3, 0.4) is 0 Å². The molecule has 0 aliphatic heterocycles. The smallest absolute Gasteiger partial charge is 0.120 e. The highest BCUT2D eigenvalue weighted by Crippen LogP contribution is 2.22. The van der Waals surface area contributed by atoms with Crippen LogP contribution in [-0.4, -0.2) is 6.61 Å². The summed E-state index contributed by atoms with van der Waals surface area (Å²) in [5.74, 6) is 1.66. The van der Waals surface area contributed by atoms with Gasteiger partial charge in [0.2, 0.25) is 0 Å². The summed E-state index contributed by atoms with van der Waals surface area (Å²) in [7, 11) is 0. The zero-order valence-corrected chi connectivity index (χ0v) is 12.3. The summed E-state index contributed by atoms with van der Waals surface area (Å²) in [5.41, 5.74) is 7.58. The van der Waals surface area contributed by atoms with E-state index in [2.05, 4.69) is 15.9 Å². The van der Waals surface area contributed by atoms with Gasteiger partial charge in [0.15, 0.2) is 0 Å². The Labute approximate surface area is 121 Å². The number of rotatable bonds is 5. The fraction of sp³-hybridized carbons (Fsp3) is 0.200. The molecule has 2 aromatic carbocycles. The molecule has 0 fully saturated rings. The molecule has 0 aromatic heterocycles. The van der Waals surface area contributed by atoms with Crippen molar-refractivity contribution < 1.29 is 9.47 Å². The second-order valence-corrected chi connectivity index (χ2v) is 4.90. The number of nitrogen functional groups attached to an aromatic ring is 1. The fourth-order valence-electron chi connectivity index (χ4n) is 1.65. The lowest BCUT2D eigenvalue weighted by Crippen LogP contribution is -1.97. The molecule has 100 valence electrons. The Morgan fingerprint density at radius 3 is 2.21 bits per heavy atom. The molecule has 3 nitrogen and oxygen atoms in total. The van der Waals surface area contributed by atoms with Crippen molar-refractivity contribution >= 4 is 21.6 Å². The summed E-state index contributed by atoms with van der Waals surface area (Å²) in [6, 6.07) is 13.4. The fourth-order valence-corrected chi connectivity index (χ4v) is 1.90. The summed E-state index contributed by atoms with van der Waals surface area (Å²) in [6.07, 6.45) is 0. The zero-order chi connectivity index (χ0) is 13.7. The highest BCUT2D eigenvalue weighted by atomic mass is 79.9. The first-order valence-corrected chi connectivity index (χ1v) is 6.88. The van der Waals surface area contributed by atoms with Crippen LogP contribution in [0.2, 0.25) is 0 Å². The molecule has 0 aliphatic rings. The highest BCUT2D eigenvalue weighted by Gasteiger charge is 2.00. The topological polar surface area (TPSA) is 44.5 Å². The van der Waals surface area contributed by atoms with E-state index < -0.39 is 0 Å². The van der Waals surface area contributed by atoms with Crippen molar-refractivity contribution in [1.82, 2.24) is 0 Å². The average Bonchev–Trinajstić information content (AvgIpc) is 2.42. The van der Waals surface area contributed by atoms with Crippen molar-refractivity contribution in [3.05, 3.63) is 52.5 Å². The summed E-state index contributed by atoms with van der Waals surface area (Å²) in [6.45, 7) is 3.12. The van der Waals surface area contributed by atoms with Gasteiger partial charge in [-0.25, -0.2) is 0 Å². The van der Waals surface area contributed by atoms with Crippen LogP contribution in [-0.2, 0) is 6.61 Å². The monoisotopic (exact) mass is 321 g/mol. The van der Waals surface area contributed by atoms with Gasteiger partial charge in [-0.05, 0) is 64.8 Å². The van der Waals surface area contributed by atoms with Gasteiger partial charge < -0.3 is 15.2 Å². The van der Waals surface area contributed by atoms with Gasteiger partial charge in [-0.15, -0.1) is 0 Å². The Hall–Kier alpha value is -1.68. The van der Waals surface area contributed by atoms with E-state index in [0.717, 1.165) is 21.5 Å². The molecule has 0 atom stereocenters. The SMILES string of the molecule is CCOc1ccc(OCc2ccc(Br)c(N)c2)cc1. The molecule has 0 saturated heterocycles. The number of anilines is 1. The second-order valence-electron chi connectivity index (χ2n) is 4.05. The lowest BCUT2D eigenvalue weighted by molar-refractivity contribution is 0.304. The van der Waals surface area contributed by atoms with E-state index in [-0.39, 0.29) is 0 Å². The molecule has 0 spiro atoms. The summed E-state index contributed by atoms with van der Waals surface area (Å²) >= 11 is 3.37. The van der Waals surface area contributed by atoms with Crippen molar-refractivity contribution in [2.75, 3.05) is 12.3 Å². The Kier molecular flexibility index (Phi) is 4.68. The molecule has 2 rings (SSSR count). The van der Waals surface area contributed by atoms with Gasteiger partial charge in [-0.3, -0.25) is 0 Å². The molecule has 19 heavy (non-hydrogen) atoms. The van der Waals surface area contributed by atoms with Gasteiger partial charge in [0, 0.05) is 10.2 Å². The Balaban J connectivity index is 1.96. The maximum Gasteiger partial charge on any atom is 0.120 e. The van der Waals surface area contributed by atoms with E-state index >= 15 is 0 Å². The first kappa shape index (κ1) is 13.7. The molecule has 2 aromatic rings. The molecule has 0 radical (unpaired) electrons. The molecule has 0 aliphatic carbocycles. The van der Waals surface area contributed by atoms with E-state index in [1.54, 1.807) is 0 Å².